The van der Waals surface area contributed by atoms with Crippen LogP contribution >= 0.6 is 11.8 Å². The number of hydrogen-bond acceptors (Lipinski definition) is 6. The van der Waals surface area contributed by atoms with Gasteiger partial charge in [0.25, 0.3) is 0 Å². The summed E-state index contributed by atoms with van der Waals surface area (Å²) in [6, 6.07) is 19.6. The van der Waals surface area contributed by atoms with Gasteiger partial charge in [-0.25, -0.2) is 0 Å². The van der Waals surface area contributed by atoms with Gasteiger partial charge >= 0.3 is 6.61 Å². The van der Waals surface area contributed by atoms with Gasteiger partial charge in [-0.1, -0.05) is 54.2 Å². The third-order valence-electron chi connectivity index (χ3n) is 4.61. The number of carbonyl (C=O) groups is 1. The van der Waals surface area contributed by atoms with E-state index in [1.807, 2.05) is 41.0 Å². The van der Waals surface area contributed by atoms with Gasteiger partial charge in [0.1, 0.15) is 5.75 Å². The van der Waals surface area contributed by atoms with Gasteiger partial charge in [-0.2, -0.15) is 8.78 Å². The zero-order valence-electron chi connectivity index (χ0n) is 17.4. The van der Waals surface area contributed by atoms with Gasteiger partial charge < -0.3 is 14.5 Å². The summed E-state index contributed by atoms with van der Waals surface area (Å²) < 4.78 is 36.2. The summed E-state index contributed by atoms with van der Waals surface area (Å²) in [6.07, 6.45) is 1.57. The van der Waals surface area contributed by atoms with E-state index in [0.29, 0.717) is 23.3 Å². The Kier molecular flexibility index (Phi) is 7.36. The number of thioether (sulfide) groups is 1. The zero-order chi connectivity index (χ0) is 23.0. The molecule has 0 aliphatic heterocycles. The normalized spacial score (nSPS) is 11.0. The van der Waals surface area contributed by atoms with Crippen LogP contribution in [-0.4, -0.2) is 33.0 Å². The lowest BCUT2D eigenvalue weighted by atomic mass is 10.2. The Morgan fingerprint density at radius 1 is 1.03 bits per heavy atom. The molecule has 0 spiro atoms. The predicted octanol–water partition coefficient (Wildman–Crippen LogP) is 4.60. The topological polar surface area (TPSA) is 82.2 Å². The number of aromatic nitrogens is 3. The van der Waals surface area contributed by atoms with Gasteiger partial charge in [0.05, 0.1) is 18.6 Å². The quantitative estimate of drug-likeness (QED) is 0.341. The minimum atomic E-state index is -2.87. The van der Waals surface area contributed by atoms with Crippen LogP contribution in [0.5, 0.6) is 5.75 Å². The van der Waals surface area contributed by atoms with Crippen molar-refractivity contribution in [2.75, 3.05) is 5.75 Å². The molecule has 1 amide bonds. The third kappa shape index (κ3) is 6.19. The van der Waals surface area contributed by atoms with Gasteiger partial charge in [0, 0.05) is 6.54 Å². The van der Waals surface area contributed by atoms with Gasteiger partial charge in [-0.05, 0) is 35.4 Å². The van der Waals surface area contributed by atoms with Crippen molar-refractivity contribution in [3.05, 3.63) is 84.1 Å². The lowest BCUT2D eigenvalue weighted by Crippen LogP contribution is -2.24. The molecule has 170 valence electrons. The van der Waals surface area contributed by atoms with Crippen LogP contribution < -0.4 is 10.1 Å². The molecule has 2 heterocycles. The maximum atomic E-state index is 12.4. The first-order valence-corrected chi connectivity index (χ1v) is 11.0. The molecule has 4 rings (SSSR count). The summed E-state index contributed by atoms with van der Waals surface area (Å²) in [5.41, 5.74) is 1.83. The van der Waals surface area contributed by atoms with E-state index >= 15 is 0 Å². The molecule has 4 aromatic rings. The highest BCUT2D eigenvalue weighted by Crippen LogP contribution is 2.25. The second-order valence-corrected chi connectivity index (χ2v) is 7.89. The number of alkyl halides is 2. The molecule has 0 saturated carbocycles. The number of benzene rings is 2. The third-order valence-corrected chi connectivity index (χ3v) is 5.58. The molecular weight excluding hydrogens is 450 g/mol. The van der Waals surface area contributed by atoms with Crippen molar-refractivity contribution >= 4 is 17.7 Å². The van der Waals surface area contributed by atoms with E-state index in [-0.39, 0.29) is 24.0 Å². The van der Waals surface area contributed by atoms with Crippen LogP contribution in [-0.2, 0) is 17.9 Å². The number of ether oxygens (including phenoxy) is 1. The monoisotopic (exact) mass is 470 g/mol. The Balaban J connectivity index is 1.38. The molecule has 0 saturated heterocycles. The summed E-state index contributed by atoms with van der Waals surface area (Å²) >= 11 is 1.27. The molecule has 0 bridgehead atoms. The summed E-state index contributed by atoms with van der Waals surface area (Å²) in [7, 11) is 0. The van der Waals surface area contributed by atoms with Crippen molar-refractivity contribution in [3.8, 4) is 17.3 Å². The van der Waals surface area contributed by atoms with Crippen LogP contribution in [0.3, 0.4) is 0 Å². The van der Waals surface area contributed by atoms with Crippen molar-refractivity contribution < 1.29 is 22.7 Å². The zero-order valence-corrected chi connectivity index (χ0v) is 18.2. The van der Waals surface area contributed by atoms with E-state index < -0.39 is 6.61 Å². The van der Waals surface area contributed by atoms with Crippen LogP contribution in [0.15, 0.2) is 82.6 Å². The van der Waals surface area contributed by atoms with Crippen molar-refractivity contribution in [3.63, 3.8) is 0 Å². The molecule has 0 aliphatic carbocycles. The van der Waals surface area contributed by atoms with Gasteiger partial charge in [0.15, 0.2) is 10.9 Å². The van der Waals surface area contributed by atoms with Gasteiger partial charge in [0.2, 0.25) is 11.7 Å². The highest BCUT2D eigenvalue weighted by molar-refractivity contribution is 7.99. The molecule has 2 aromatic carbocycles. The van der Waals surface area contributed by atoms with Crippen molar-refractivity contribution in [2.45, 2.75) is 24.9 Å². The van der Waals surface area contributed by atoms with E-state index in [0.717, 1.165) is 11.1 Å². The number of rotatable bonds is 10. The number of nitrogens with zero attached hydrogens (tertiary/aromatic N) is 3. The van der Waals surface area contributed by atoms with Crippen LogP contribution in [0.4, 0.5) is 8.78 Å². The molecule has 1 N–H and O–H groups in total. The molecule has 7 nitrogen and oxygen atoms in total. The lowest BCUT2D eigenvalue weighted by Gasteiger charge is -2.10. The number of nitrogens with one attached hydrogen (secondary N) is 1. The van der Waals surface area contributed by atoms with E-state index in [2.05, 4.69) is 20.3 Å². The molecule has 0 unspecified atom stereocenters. The van der Waals surface area contributed by atoms with E-state index in [9.17, 15) is 13.6 Å². The SMILES string of the molecule is O=C(CSc1nnc(-c2ccco2)n1Cc1ccccc1)NCc1ccc(OC(F)F)cc1. The Morgan fingerprint density at radius 3 is 2.52 bits per heavy atom. The maximum absolute atomic E-state index is 12.4. The second-order valence-electron chi connectivity index (χ2n) is 6.94. The standard InChI is InChI=1S/C23H20F2N4O3S/c24-22(25)32-18-10-8-16(9-11-18)13-26-20(30)15-33-23-28-27-21(19-7-4-12-31-19)29(23)14-17-5-2-1-3-6-17/h1-12,22H,13-15H2,(H,26,30). The fourth-order valence-electron chi connectivity index (χ4n) is 3.06. The van der Waals surface area contributed by atoms with E-state index in [1.54, 1.807) is 24.5 Å². The average Bonchev–Trinajstić information content (AvgIpc) is 3.48. The summed E-state index contributed by atoms with van der Waals surface area (Å²) in [6.45, 7) is -2.08. The van der Waals surface area contributed by atoms with Crippen molar-refractivity contribution in [2.24, 2.45) is 0 Å². The fourth-order valence-corrected chi connectivity index (χ4v) is 3.83. The predicted molar refractivity (Wildman–Crippen MR) is 119 cm³/mol. The number of amides is 1. The molecule has 0 radical (unpaired) electrons. The minimum Gasteiger partial charge on any atom is -0.461 e. The van der Waals surface area contributed by atoms with Crippen LogP contribution in [0.2, 0.25) is 0 Å². The Bertz CT molecular complexity index is 1170. The van der Waals surface area contributed by atoms with E-state index in [4.69, 9.17) is 4.42 Å². The van der Waals surface area contributed by atoms with Crippen LogP contribution in [0.1, 0.15) is 11.1 Å². The number of hydrogen-bond donors (Lipinski definition) is 1. The molecule has 0 fully saturated rings. The molecular formula is C23H20F2N4O3S. The maximum Gasteiger partial charge on any atom is 0.387 e. The molecule has 2 aromatic heterocycles. The first-order chi connectivity index (χ1) is 16.1. The first-order valence-electron chi connectivity index (χ1n) is 10.0. The first kappa shape index (κ1) is 22.5. The summed E-state index contributed by atoms with van der Waals surface area (Å²) in [4.78, 5) is 12.4. The summed E-state index contributed by atoms with van der Waals surface area (Å²) in [5, 5.41) is 11.9. The average molecular weight is 471 g/mol. The second kappa shape index (κ2) is 10.8. The highest BCUT2D eigenvalue weighted by Gasteiger charge is 2.18. The number of halogens is 2. The van der Waals surface area contributed by atoms with Crippen molar-refractivity contribution in [1.29, 1.82) is 0 Å². The minimum absolute atomic E-state index is 0.0701. The smallest absolute Gasteiger partial charge is 0.387 e. The number of furan rings is 1. The Morgan fingerprint density at radius 2 is 1.82 bits per heavy atom. The van der Waals surface area contributed by atoms with Crippen LogP contribution in [0.25, 0.3) is 11.6 Å². The number of carbonyl (C=O) groups excluding carboxylic acids is 1. The Labute approximate surface area is 192 Å². The Hall–Kier alpha value is -3.66. The molecule has 33 heavy (non-hydrogen) atoms. The van der Waals surface area contributed by atoms with E-state index in [1.165, 1.54) is 23.9 Å². The fraction of sp³-hybridized carbons (Fsp3) is 0.174. The largest absolute Gasteiger partial charge is 0.461 e. The molecule has 10 heteroatoms. The summed E-state index contributed by atoms with van der Waals surface area (Å²) in [5.74, 6) is 1.19. The van der Waals surface area contributed by atoms with Crippen LogP contribution in [0, 0.1) is 0 Å². The lowest BCUT2D eigenvalue weighted by molar-refractivity contribution is -0.118. The molecule has 0 aliphatic rings. The van der Waals surface area contributed by atoms with Gasteiger partial charge in [-0.3, -0.25) is 9.36 Å². The van der Waals surface area contributed by atoms with Crippen molar-refractivity contribution in [1.82, 2.24) is 20.1 Å². The highest BCUT2D eigenvalue weighted by atomic mass is 32.2. The van der Waals surface area contributed by atoms with Gasteiger partial charge in [-0.15, -0.1) is 10.2 Å². The molecule has 0 atom stereocenters.